The van der Waals surface area contributed by atoms with Crippen molar-refractivity contribution in [3.8, 4) is 0 Å². The van der Waals surface area contributed by atoms with Crippen LogP contribution in [-0.4, -0.2) is 49.8 Å². The number of ether oxygens (including phenoxy) is 1. The van der Waals surface area contributed by atoms with E-state index in [9.17, 15) is 0 Å². The number of nitrogens with zero attached hydrogens (tertiary/aromatic N) is 1. The van der Waals surface area contributed by atoms with Crippen LogP contribution in [0.5, 0.6) is 0 Å². The molecule has 1 saturated heterocycles. The maximum Gasteiger partial charge on any atom is 0.0695 e. The third-order valence-electron chi connectivity index (χ3n) is 3.68. The summed E-state index contributed by atoms with van der Waals surface area (Å²) >= 11 is 0. The van der Waals surface area contributed by atoms with Gasteiger partial charge in [-0.15, -0.1) is 0 Å². The molecule has 0 bridgehead atoms. The highest BCUT2D eigenvalue weighted by Gasteiger charge is 2.26. The average Bonchev–Trinajstić information content (AvgIpc) is 2.30. The van der Waals surface area contributed by atoms with Crippen LogP contribution in [-0.2, 0) is 4.74 Å². The zero-order valence-electron chi connectivity index (χ0n) is 10.6. The minimum absolute atomic E-state index is 0.312. The van der Waals surface area contributed by atoms with E-state index in [1.165, 1.54) is 19.4 Å². The summed E-state index contributed by atoms with van der Waals surface area (Å²) in [6, 6.07) is 1.20. The van der Waals surface area contributed by atoms with E-state index in [0.717, 1.165) is 13.1 Å². The molecular formula is C12H26N2O. The van der Waals surface area contributed by atoms with Crippen molar-refractivity contribution in [2.24, 2.45) is 0 Å². The van der Waals surface area contributed by atoms with Gasteiger partial charge in [0.1, 0.15) is 0 Å². The van der Waals surface area contributed by atoms with Crippen LogP contribution in [0.4, 0.5) is 0 Å². The van der Waals surface area contributed by atoms with E-state index < -0.39 is 0 Å². The number of nitrogens with one attached hydrogen (secondary N) is 1. The third-order valence-corrected chi connectivity index (χ3v) is 3.68. The first-order valence-electron chi connectivity index (χ1n) is 6.20. The molecule has 0 amide bonds. The van der Waals surface area contributed by atoms with Gasteiger partial charge < -0.3 is 10.1 Å². The van der Waals surface area contributed by atoms with Crippen molar-refractivity contribution in [1.29, 1.82) is 0 Å². The number of piperidine rings is 1. The molecule has 1 aliphatic rings. The van der Waals surface area contributed by atoms with Crippen molar-refractivity contribution in [1.82, 2.24) is 10.2 Å². The SMILES string of the molecule is CCN(C1CCCNC1)C(C)C(C)OC. The Bertz CT molecular complexity index is 167. The fraction of sp³-hybridized carbons (Fsp3) is 1.00. The number of likely N-dealkylation sites (N-methyl/N-ethyl adjacent to an activating group) is 1. The first-order valence-corrected chi connectivity index (χ1v) is 6.20. The highest BCUT2D eigenvalue weighted by atomic mass is 16.5. The standard InChI is InChI=1S/C12H26N2O/c1-5-14(10(2)11(3)15-4)12-7-6-8-13-9-12/h10-13H,5-9H2,1-4H3. The van der Waals surface area contributed by atoms with E-state index in [1.54, 1.807) is 7.11 Å². The summed E-state index contributed by atoms with van der Waals surface area (Å²) in [6.07, 6.45) is 2.93. The van der Waals surface area contributed by atoms with Gasteiger partial charge in [-0.25, -0.2) is 0 Å². The van der Waals surface area contributed by atoms with Gasteiger partial charge in [0.25, 0.3) is 0 Å². The molecule has 3 atom stereocenters. The second-order valence-corrected chi connectivity index (χ2v) is 4.51. The zero-order valence-corrected chi connectivity index (χ0v) is 10.6. The maximum absolute atomic E-state index is 5.42. The summed E-state index contributed by atoms with van der Waals surface area (Å²) < 4.78 is 5.42. The first kappa shape index (κ1) is 12.9. The molecule has 3 nitrogen and oxygen atoms in total. The van der Waals surface area contributed by atoms with Crippen LogP contribution >= 0.6 is 0 Å². The summed E-state index contributed by atoms with van der Waals surface area (Å²) in [5.41, 5.74) is 0. The Morgan fingerprint density at radius 1 is 1.47 bits per heavy atom. The summed E-state index contributed by atoms with van der Waals surface area (Å²) in [6.45, 7) is 10.1. The second-order valence-electron chi connectivity index (χ2n) is 4.51. The van der Waals surface area contributed by atoms with Crippen LogP contribution in [0.25, 0.3) is 0 Å². The molecular weight excluding hydrogens is 188 g/mol. The van der Waals surface area contributed by atoms with Crippen molar-refractivity contribution in [2.45, 2.75) is 51.8 Å². The van der Waals surface area contributed by atoms with E-state index in [0.29, 0.717) is 18.2 Å². The molecule has 0 aliphatic carbocycles. The van der Waals surface area contributed by atoms with E-state index >= 15 is 0 Å². The highest BCUT2D eigenvalue weighted by molar-refractivity contribution is 4.83. The molecule has 1 N–H and O–H groups in total. The summed E-state index contributed by atoms with van der Waals surface area (Å²) in [7, 11) is 1.80. The molecule has 0 spiro atoms. The van der Waals surface area contributed by atoms with Crippen molar-refractivity contribution < 1.29 is 4.74 Å². The van der Waals surface area contributed by atoms with Crippen molar-refractivity contribution in [3.05, 3.63) is 0 Å². The van der Waals surface area contributed by atoms with E-state index in [-0.39, 0.29) is 0 Å². The molecule has 15 heavy (non-hydrogen) atoms. The normalized spacial score (nSPS) is 26.6. The molecule has 0 aromatic carbocycles. The van der Waals surface area contributed by atoms with Gasteiger partial charge in [-0.05, 0) is 39.8 Å². The average molecular weight is 214 g/mol. The Kier molecular flexibility index (Phi) is 5.58. The van der Waals surface area contributed by atoms with Crippen LogP contribution in [0.2, 0.25) is 0 Å². The van der Waals surface area contributed by atoms with Crippen molar-refractivity contribution in [3.63, 3.8) is 0 Å². The second kappa shape index (κ2) is 6.46. The van der Waals surface area contributed by atoms with Crippen LogP contribution in [0, 0.1) is 0 Å². The number of hydrogen-bond acceptors (Lipinski definition) is 3. The minimum atomic E-state index is 0.312. The summed E-state index contributed by atoms with van der Waals surface area (Å²) in [5.74, 6) is 0. The van der Waals surface area contributed by atoms with Gasteiger partial charge >= 0.3 is 0 Å². The van der Waals surface area contributed by atoms with Gasteiger partial charge in [0.15, 0.2) is 0 Å². The third kappa shape index (κ3) is 3.44. The molecule has 1 fully saturated rings. The Labute approximate surface area is 94.2 Å². The smallest absolute Gasteiger partial charge is 0.0695 e. The molecule has 0 aromatic heterocycles. The number of hydrogen-bond donors (Lipinski definition) is 1. The van der Waals surface area contributed by atoms with Crippen LogP contribution < -0.4 is 5.32 Å². The van der Waals surface area contributed by atoms with Gasteiger partial charge in [0.05, 0.1) is 6.10 Å². The molecule has 1 rings (SSSR count). The molecule has 1 heterocycles. The molecule has 90 valence electrons. The largest absolute Gasteiger partial charge is 0.380 e. The minimum Gasteiger partial charge on any atom is -0.380 e. The van der Waals surface area contributed by atoms with Gasteiger partial charge in [-0.1, -0.05) is 6.92 Å². The van der Waals surface area contributed by atoms with Crippen molar-refractivity contribution in [2.75, 3.05) is 26.7 Å². The van der Waals surface area contributed by atoms with Crippen LogP contribution in [0.3, 0.4) is 0 Å². The lowest BCUT2D eigenvalue weighted by Gasteiger charge is -2.40. The Morgan fingerprint density at radius 2 is 2.20 bits per heavy atom. The fourth-order valence-electron chi connectivity index (χ4n) is 2.46. The fourth-order valence-corrected chi connectivity index (χ4v) is 2.46. The summed E-state index contributed by atoms with van der Waals surface area (Å²) in [5, 5.41) is 3.48. The Morgan fingerprint density at radius 3 is 2.67 bits per heavy atom. The quantitative estimate of drug-likeness (QED) is 0.750. The number of methoxy groups -OCH3 is 1. The van der Waals surface area contributed by atoms with E-state index in [1.807, 2.05) is 0 Å². The van der Waals surface area contributed by atoms with Crippen molar-refractivity contribution >= 4 is 0 Å². The molecule has 3 unspecified atom stereocenters. The monoisotopic (exact) mass is 214 g/mol. The maximum atomic E-state index is 5.42. The lowest BCUT2D eigenvalue weighted by Crippen LogP contribution is -2.52. The lowest BCUT2D eigenvalue weighted by atomic mass is 10.0. The van der Waals surface area contributed by atoms with Crippen LogP contribution in [0.15, 0.2) is 0 Å². The molecule has 1 aliphatic heterocycles. The van der Waals surface area contributed by atoms with Gasteiger partial charge in [0.2, 0.25) is 0 Å². The molecule has 3 heteroatoms. The topological polar surface area (TPSA) is 24.5 Å². The van der Waals surface area contributed by atoms with Gasteiger partial charge in [0, 0.05) is 25.7 Å². The van der Waals surface area contributed by atoms with Crippen LogP contribution in [0.1, 0.15) is 33.6 Å². The number of rotatable bonds is 5. The molecule has 0 radical (unpaired) electrons. The van der Waals surface area contributed by atoms with Gasteiger partial charge in [-0.3, -0.25) is 4.90 Å². The first-order chi connectivity index (χ1) is 7.20. The van der Waals surface area contributed by atoms with E-state index in [2.05, 4.69) is 31.0 Å². The lowest BCUT2D eigenvalue weighted by molar-refractivity contribution is 0.0113. The van der Waals surface area contributed by atoms with Gasteiger partial charge in [-0.2, -0.15) is 0 Å². The predicted molar refractivity (Wildman–Crippen MR) is 64.2 cm³/mol. The molecule has 0 saturated carbocycles. The van der Waals surface area contributed by atoms with E-state index in [4.69, 9.17) is 4.74 Å². The summed E-state index contributed by atoms with van der Waals surface area (Å²) in [4.78, 5) is 2.57. The molecule has 0 aromatic rings. The predicted octanol–water partition coefficient (Wildman–Crippen LogP) is 1.48. The highest BCUT2D eigenvalue weighted by Crippen LogP contribution is 2.16. The zero-order chi connectivity index (χ0) is 11.3. The Balaban J connectivity index is 2.52. The Hall–Kier alpha value is -0.120.